The summed E-state index contributed by atoms with van der Waals surface area (Å²) in [4.78, 5) is 13.5. The molecule has 34 heavy (non-hydrogen) atoms. The summed E-state index contributed by atoms with van der Waals surface area (Å²) in [6, 6.07) is 14.3. The minimum Gasteiger partial charge on any atom is -0.479 e. The van der Waals surface area contributed by atoms with E-state index in [9.17, 15) is 14.3 Å². The topological polar surface area (TPSA) is 51.5 Å². The zero-order chi connectivity index (χ0) is 25.4. The summed E-state index contributed by atoms with van der Waals surface area (Å²) >= 11 is 0. The van der Waals surface area contributed by atoms with Crippen molar-refractivity contribution < 1.29 is 18.7 Å². The van der Waals surface area contributed by atoms with E-state index in [1.54, 1.807) is 12.1 Å². The van der Waals surface area contributed by atoms with Crippen molar-refractivity contribution in [1.29, 1.82) is 0 Å². The number of fused-ring (bicyclic) bond motifs is 1. The van der Waals surface area contributed by atoms with E-state index in [1.807, 2.05) is 44.3 Å². The molecule has 0 saturated carbocycles. The number of aromatic nitrogens is 1. The van der Waals surface area contributed by atoms with Crippen molar-refractivity contribution in [2.45, 2.75) is 72.7 Å². The van der Waals surface area contributed by atoms with Crippen molar-refractivity contribution in [3.63, 3.8) is 0 Å². The highest BCUT2D eigenvalue weighted by Crippen LogP contribution is 2.52. The van der Waals surface area contributed by atoms with Crippen LogP contribution in [0.4, 0.5) is 4.39 Å². The van der Waals surface area contributed by atoms with E-state index in [1.165, 1.54) is 12.1 Å². The lowest BCUT2D eigenvalue weighted by Gasteiger charge is -2.46. The lowest BCUT2D eigenvalue weighted by atomic mass is 9.67. The molecule has 4 nitrogen and oxygen atoms in total. The molecule has 6 heteroatoms. The number of halogens is 1. The van der Waals surface area contributed by atoms with Gasteiger partial charge in [0.05, 0.1) is 5.69 Å². The summed E-state index contributed by atoms with van der Waals surface area (Å²) in [6.45, 7) is 16.5. The number of hydrogen-bond donors (Lipinski definition) is 1. The third kappa shape index (κ3) is 4.45. The fraction of sp³-hybridized carbons (Fsp3) is 0.464. The Labute approximate surface area is 204 Å². The summed E-state index contributed by atoms with van der Waals surface area (Å²) in [7, 11) is -1.84. The smallest absolute Gasteiger partial charge is 0.341 e. The molecule has 2 atom stereocenters. The predicted molar refractivity (Wildman–Crippen MR) is 140 cm³/mol. The van der Waals surface area contributed by atoms with Crippen LogP contribution in [0.15, 0.2) is 48.5 Å². The predicted octanol–water partition coefficient (Wildman–Crippen LogP) is 7.38. The van der Waals surface area contributed by atoms with Gasteiger partial charge in [-0.3, -0.25) is 0 Å². The molecule has 3 aromatic rings. The molecule has 0 aliphatic heterocycles. The van der Waals surface area contributed by atoms with Crippen molar-refractivity contribution in [2.24, 2.45) is 11.3 Å². The van der Waals surface area contributed by atoms with Crippen molar-refractivity contribution >= 4 is 25.9 Å². The Morgan fingerprint density at radius 1 is 1.09 bits per heavy atom. The Balaban J connectivity index is 2.63. The highest BCUT2D eigenvalue weighted by Gasteiger charge is 2.56. The van der Waals surface area contributed by atoms with Gasteiger partial charge in [0.15, 0.2) is 14.6 Å². The first-order valence-corrected chi connectivity index (χ1v) is 14.9. The molecule has 1 heterocycles. The number of hydrogen-bond acceptors (Lipinski definition) is 2. The van der Waals surface area contributed by atoms with Gasteiger partial charge in [0, 0.05) is 28.4 Å². The Kier molecular flexibility index (Phi) is 7.44. The Morgan fingerprint density at radius 3 is 2.15 bits per heavy atom. The van der Waals surface area contributed by atoms with E-state index in [0.717, 1.165) is 22.0 Å². The Hall–Kier alpha value is -2.44. The van der Waals surface area contributed by atoms with Crippen LogP contribution in [0.1, 0.15) is 59.7 Å². The molecule has 0 bridgehead atoms. The maximum absolute atomic E-state index is 13.9. The van der Waals surface area contributed by atoms with Gasteiger partial charge in [-0.1, -0.05) is 58.0 Å². The van der Waals surface area contributed by atoms with E-state index in [2.05, 4.69) is 39.2 Å². The lowest BCUT2D eigenvalue weighted by Crippen LogP contribution is -2.53. The first kappa shape index (κ1) is 26.2. The van der Waals surface area contributed by atoms with Crippen molar-refractivity contribution in [1.82, 2.24) is 4.57 Å². The van der Waals surface area contributed by atoms with Crippen LogP contribution in [0.5, 0.6) is 0 Å². The largest absolute Gasteiger partial charge is 0.479 e. The van der Waals surface area contributed by atoms with Gasteiger partial charge in [0.2, 0.25) is 0 Å². The fourth-order valence-electron chi connectivity index (χ4n) is 5.56. The number of para-hydroxylation sites is 1. The van der Waals surface area contributed by atoms with Gasteiger partial charge in [0.1, 0.15) is 5.82 Å². The molecule has 2 aromatic carbocycles. The molecule has 0 amide bonds. The van der Waals surface area contributed by atoms with Crippen LogP contribution in [0.2, 0.25) is 13.1 Å². The van der Waals surface area contributed by atoms with Crippen molar-refractivity contribution in [2.75, 3.05) is 0 Å². The van der Waals surface area contributed by atoms with Gasteiger partial charge < -0.3 is 14.1 Å². The zero-order valence-electron chi connectivity index (χ0n) is 21.6. The van der Waals surface area contributed by atoms with Gasteiger partial charge in [-0.05, 0) is 62.5 Å². The van der Waals surface area contributed by atoms with Crippen LogP contribution in [-0.2, 0) is 14.8 Å². The first-order valence-electron chi connectivity index (χ1n) is 12.2. The van der Waals surface area contributed by atoms with Gasteiger partial charge in [-0.2, -0.15) is 0 Å². The van der Waals surface area contributed by atoms with Crippen LogP contribution < -0.4 is 0 Å². The quantitative estimate of drug-likeness (QED) is 0.340. The number of rotatable bonds is 8. The summed E-state index contributed by atoms with van der Waals surface area (Å²) in [5.74, 6) is -1.59. The lowest BCUT2D eigenvalue weighted by molar-refractivity contribution is -0.169. The Bertz CT molecular complexity index is 1160. The zero-order valence-corrected chi connectivity index (χ0v) is 22.8. The second-order valence-corrected chi connectivity index (χ2v) is 13.1. The SMILES string of the molecule is CC[C@@H](C(C)(C)C)C(O[SiH](C)C)(C(=O)O)c1c(-c2ccc(F)cc2)c2ccccc2n1C(C)C. The molecule has 1 aromatic heterocycles. The number of carboxylic acids is 1. The first-order chi connectivity index (χ1) is 15.9. The van der Waals surface area contributed by atoms with Gasteiger partial charge in [-0.25, -0.2) is 9.18 Å². The molecule has 0 aliphatic carbocycles. The number of nitrogens with zero attached hydrogens (tertiary/aromatic N) is 1. The summed E-state index contributed by atoms with van der Waals surface area (Å²) < 4.78 is 22.8. The maximum Gasteiger partial charge on any atom is 0.341 e. The van der Waals surface area contributed by atoms with Gasteiger partial charge >= 0.3 is 5.97 Å². The highest BCUT2D eigenvalue weighted by molar-refractivity contribution is 6.48. The van der Waals surface area contributed by atoms with Crippen LogP contribution in [-0.4, -0.2) is 24.7 Å². The molecule has 0 radical (unpaired) electrons. The van der Waals surface area contributed by atoms with E-state index in [4.69, 9.17) is 4.43 Å². The minimum absolute atomic E-state index is 0.0114. The van der Waals surface area contributed by atoms with Crippen LogP contribution in [0.25, 0.3) is 22.0 Å². The standard InChI is InChI=1S/C28H38FNO3Si/c1-9-23(27(4,5)6)28(26(31)32,33-34(7)8)25-24(19-14-16-20(29)17-15-19)21-12-10-11-13-22(21)30(25)18(2)3/h10-18,23,34H,9H2,1-8H3,(H,31,32)/t23-,28?/m0/s1. The molecule has 0 aliphatic rings. The monoisotopic (exact) mass is 483 g/mol. The maximum atomic E-state index is 13.9. The number of benzene rings is 2. The normalized spacial score (nSPS) is 15.1. The average Bonchev–Trinajstić information content (AvgIpc) is 3.08. The minimum atomic E-state index is -1.84. The molecule has 1 N–H and O–H groups in total. The summed E-state index contributed by atoms with van der Waals surface area (Å²) in [5.41, 5.74) is 1.32. The van der Waals surface area contributed by atoms with Gasteiger partial charge in [-0.15, -0.1) is 0 Å². The molecule has 1 unspecified atom stereocenters. The average molecular weight is 484 g/mol. The Morgan fingerprint density at radius 2 is 1.68 bits per heavy atom. The molecular weight excluding hydrogens is 445 g/mol. The number of aliphatic carboxylic acids is 1. The molecular formula is C28H38FNO3Si. The fourth-order valence-corrected chi connectivity index (χ4v) is 6.68. The molecule has 0 spiro atoms. The van der Waals surface area contributed by atoms with Gasteiger partial charge in [0.25, 0.3) is 0 Å². The second-order valence-electron chi connectivity index (χ2n) is 10.7. The third-order valence-electron chi connectivity index (χ3n) is 6.60. The summed E-state index contributed by atoms with van der Waals surface area (Å²) in [5, 5.41) is 12.0. The molecule has 0 fully saturated rings. The molecule has 184 valence electrons. The molecule has 3 rings (SSSR count). The van der Waals surface area contributed by atoms with Crippen LogP contribution >= 0.6 is 0 Å². The third-order valence-corrected chi connectivity index (χ3v) is 7.44. The number of carbonyl (C=O) groups is 1. The van der Waals surface area contributed by atoms with E-state index in [0.29, 0.717) is 12.1 Å². The highest BCUT2D eigenvalue weighted by atomic mass is 28.3. The van der Waals surface area contributed by atoms with Crippen LogP contribution in [0, 0.1) is 17.2 Å². The second kappa shape index (κ2) is 9.66. The van der Waals surface area contributed by atoms with E-state index in [-0.39, 0.29) is 23.2 Å². The molecule has 0 saturated heterocycles. The van der Waals surface area contributed by atoms with Crippen molar-refractivity contribution in [3.8, 4) is 11.1 Å². The van der Waals surface area contributed by atoms with E-state index >= 15 is 0 Å². The van der Waals surface area contributed by atoms with Crippen molar-refractivity contribution in [3.05, 3.63) is 60.0 Å². The van der Waals surface area contributed by atoms with E-state index < -0.39 is 20.6 Å². The number of carboxylic acid groups (broad SMARTS) is 1. The van der Waals surface area contributed by atoms with Crippen LogP contribution in [0.3, 0.4) is 0 Å². The summed E-state index contributed by atoms with van der Waals surface area (Å²) in [6.07, 6.45) is 0.638.